The van der Waals surface area contributed by atoms with Crippen LogP contribution in [0.3, 0.4) is 0 Å². The van der Waals surface area contributed by atoms with Crippen molar-refractivity contribution in [1.82, 2.24) is 9.80 Å². The minimum Gasteiger partial charge on any atom is -0.298 e. The van der Waals surface area contributed by atoms with Crippen LogP contribution >= 0.6 is 11.6 Å². The molecular weight excluding hydrogens is 256 g/mol. The molecule has 1 aromatic rings. The fourth-order valence-corrected chi connectivity index (χ4v) is 3.71. The van der Waals surface area contributed by atoms with Gasteiger partial charge in [-0.3, -0.25) is 9.80 Å². The monoisotopic (exact) mass is 278 g/mol. The minimum atomic E-state index is 0.475. The van der Waals surface area contributed by atoms with Crippen molar-refractivity contribution in [2.45, 2.75) is 38.3 Å². The fourth-order valence-electron chi connectivity index (χ4n) is 3.51. The first kappa shape index (κ1) is 13.4. The van der Waals surface area contributed by atoms with Crippen LogP contribution in [0.25, 0.3) is 0 Å². The van der Waals surface area contributed by atoms with Gasteiger partial charge >= 0.3 is 0 Å². The van der Waals surface area contributed by atoms with Gasteiger partial charge in [-0.15, -0.1) is 0 Å². The molecule has 2 aliphatic heterocycles. The molecular formula is C16H23ClN2. The van der Waals surface area contributed by atoms with E-state index in [4.69, 9.17) is 11.6 Å². The van der Waals surface area contributed by atoms with Gasteiger partial charge < -0.3 is 0 Å². The standard InChI is InChI=1S/C16H23ClN2/c1-13(14-5-4-6-15(17)11-14)19-10-9-18-8-3-2-7-16(18)12-19/h4-6,11,13,16H,2-3,7-10,12H2,1H3/t13-,16+/m0/s1. The van der Waals surface area contributed by atoms with Crippen molar-refractivity contribution in [2.24, 2.45) is 0 Å². The van der Waals surface area contributed by atoms with E-state index >= 15 is 0 Å². The lowest BCUT2D eigenvalue weighted by molar-refractivity contribution is 0.0307. The molecule has 2 fully saturated rings. The summed E-state index contributed by atoms with van der Waals surface area (Å²) < 4.78 is 0. The van der Waals surface area contributed by atoms with Gasteiger partial charge in [-0.1, -0.05) is 30.2 Å². The first-order valence-electron chi connectivity index (χ1n) is 7.47. The molecule has 0 aromatic heterocycles. The molecule has 3 heteroatoms. The minimum absolute atomic E-state index is 0.475. The Morgan fingerprint density at radius 3 is 2.95 bits per heavy atom. The van der Waals surface area contributed by atoms with Crippen LogP contribution in [0.5, 0.6) is 0 Å². The number of hydrogen-bond donors (Lipinski definition) is 0. The molecule has 0 saturated carbocycles. The Morgan fingerprint density at radius 2 is 2.11 bits per heavy atom. The van der Waals surface area contributed by atoms with E-state index in [2.05, 4.69) is 34.9 Å². The predicted octanol–water partition coefficient (Wildman–Crippen LogP) is 3.57. The zero-order valence-electron chi connectivity index (χ0n) is 11.7. The molecule has 0 amide bonds. The summed E-state index contributed by atoms with van der Waals surface area (Å²) in [4.78, 5) is 5.31. The molecule has 2 nitrogen and oxygen atoms in total. The SMILES string of the molecule is C[C@@H](c1cccc(Cl)c1)N1CCN2CCCC[C@@H]2C1. The van der Waals surface area contributed by atoms with Crippen molar-refractivity contribution in [2.75, 3.05) is 26.2 Å². The van der Waals surface area contributed by atoms with Crippen LogP contribution in [0.2, 0.25) is 5.02 Å². The van der Waals surface area contributed by atoms with Crippen LogP contribution in [-0.2, 0) is 0 Å². The van der Waals surface area contributed by atoms with Gasteiger partial charge in [-0.2, -0.15) is 0 Å². The van der Waals surface area contributed by atoms with Crippen LogP contribution < -0.4 is 0 Å². The Bertz CT molecular complexity index is 435. The molecule has 2 heterocycles. The van der Waals surface area contributed by atoms with Crippen molar-refractivity contribution in [3.05, 3.63) is 34.9 Å². The van der Waals surface area contributed by atoms with E-state index < -0.39 is 0 Å². The zero-order chi connectivity index (χ0) is 13.2. The van der Waals surface area contributed by atoms with Gasteiger partial charge in [0.05, 0.1) is 0 Å². The third-order valence-corrected chi connectivity index (χ3v) is 4.98. The van der Waals surface area contributed by atoms with Crippen molar-refractivity contribution < 1.29 is 0 Å². The fraction of sp³-hybridized carbons (Fsp3) is 0.625. The maximum atomic E-state index is 6.11. The van der Waals surface area contributed by atoms with Crippen LogP contribution in [0, 0.1) is 0 Å². The van der Waals surface area contributed by atoms with Gasteiger partial charge in [0.15, 0.2) is 0 Å². The number of piperidine rings is 1. The lowest BCUT2D eigenvalue weighted by Crippen LogP contribution is -2.55. The van der Waals surface area contributed by atoms with Crippen LogP contribution in [0.15, 0.2) is 24.3 Å². The van der Waals surface area contributed by atoms with Gasteiger partial charge in [0.25, 0.3) is 0 Å². The van der Waals surface area contributed by atoms with Crippen molar-refractivity contribution >= 4 is 11.6 Å². The van der Waals surface area contributed by atoms with E-state index in [1.807, 2.05) is 6.07 Å². The Morgan fingerprint density at radius 1 is 1.21 bits per heavy atom. The van der Waals surface area contributed by atoms with E-state index in [1.54, 1.807) is 0 Å². The van der Waals surface area contributed by atoms with Gasteiger partial charge in [0.2, 0.25) is 0 Å². The number of piperazine rings is 1. The molecule has 2 aliphatic rings. The molecule has 0 aliphatic carbocycles. The molecule has 1 aromatic carbocycles. The zero-order valence-corrected chi connectivity index (χ0v) is 12.4. The highest BCUT2D eigenvalue weighted by Crippen LogP contribution is 2.28. The maximum Gasteiger partial charge on any atom is 0.0409 e. The van der Waals surface area contributed by atoms with Gasteiger partial charge in [0, 0.05) is 36.7 Å². The van der Waals surface area contributed by atoms with E-state index in [9.17, 15) is 0 Å². The number of fused-ring (bicyclic) bond motifs is 1. The van der Waals surface area contributed by atoms with E-state index in [0.29, 0.717) is 6.04 Å². The summed E-state index contributed by atoms with van der Waals surface area (Å²) in [6.07, 6.45) is 4.17. The first-order chi connectivity index (χ1) is 9.24. The highest BCUT2D eigenvalue weighted by molar-refractivity contribution is 6.30. The predicted molar refractivity (Wildman–Crippen MR) is 80.7 cm³/mol. The number of halogens is 1. The lowest BCUT2D eigenvalue weighted by Gasteiger charge is -2.46. The van der Waals surface area contributed by atoms with Gasteiger partial charge in [-0.05, 0) is 44.0 Å². The molecule has 2 saturated heterocycles. The Hall–Kier alpha value is -0.570. The summed E-state index contributed by atoms with van der Waals surface area (Å²) in [6.45, 7) is 7.25. The van der Waals surface area contributed by atoms with Crippen LogP contribution in [-0.4, -0.2) is 42.0 Å². The highest BCUT2D eigenvalue weighted by atomic mass is 35.5. The highest BCUT2D eigenvalue weighted by Gasteiger charge is 2.31. The summed E-state index contributed by atoms with van der Waals surface area (Å²) in [5, 5.41) is 0.848. The smallest absolute Gasteiger partial charge is 0.0409 e. The van der Waals surface area contributed by atoms with Crippen molar-refractivity contribution in [3.8, 4) is 0 Å². The average Bonchev–Trinajstić information content (AvgIpc) is 2.46. The van der Waals surface area contributed by atoms with Crippen molar-refractivity contribution in [3.63, 3.8) is 0 Å². The second-order valence-electron chi connectivity index (χ2n) is 5.91. The van der Waals surface area contributed by atoms with Crippen LogP contribution in [0.4, 0.5) is 0 Å². The second kappa shape index (κ2) is 5.82. The molecule has 3 rings (SSSR count). The molecule has 104 valence electrons. The third-order valence-electron chi connectivity index (χ3n) is 4.75. The van der Waals surface area contributed by atoms with E-state index in [1.165, 1.54) is 51.0 Å². The number of hydrogen-bond acceptors (Lipinski definition) is 2. The van der Waals surface area contributed by atoms with Gasteiger partial charge in [-0.25, -0.2) is 0 Å². The van der Waals surface area contributed by atoms with E-state index in [0.717, 1.165) is 11.1 Å². The second-order valence-corrected chi connectivity index (χ2v) is 6.35. The third kappa shape index (κ3) is 2.96. The average molecular weight is 279 g/mol. The summed E-state index contributed by atoms with van der Waals surface area (Å²) >= 11 is 6.11. The normalized spacial score (nSPS) is 26.9. The van der Waals surface area contributed by atoms with Gasteiger partial charge in [0.1, 0.15) is 0 Å². The summed E-state index contributed by atoms with van der Waals surface area (Å²) in [6, 6.07) is 9.58. The molecule has 19 heavy (non-hydrogen) atoms. The Balaban J connectivity index is 1.69. The van der Waals surface area contributed by atoms with Crippen molar-refractivity contribution in [1.29, 1.82) is 0 Å². The molecule has 0 radical (unpaired) electrons. The topological polar surface area (TPSA) is 6.48 Å². The van der Waals surface area contributed by atoms with Crippen LogP contribution in [0.1, 0.15) is 37.8 Å². The molecule has 0 N–H and O–H groups in total. The number of nitrogens with zero attached hydrogens (tertiary/aromatic N) is 2. The number of rotatable bonds is 2. The molecule has 0 bridgehead atoms. The largest absolute Gasteiger partial charge is 0.298 e. The maximum absolute atomic E-state index is 6.11. The molecule has 0 spiro atoms. The summed E-state index contributed by atoms with van der Waals surface area (Å²) in [5.41, 5.74) is 1.34. The Kier molecular flexibility index (Phi) is 4.11. The van der Waals surface area contributed by atoms with E-state index in [-0.39, 0.29) is 0 Å². The lowest BCUT2D eigenvalue weighted by atomic mass is 9.97. The summed E-state index contributed by atoms with van der Waals surface area (Å²) in [5.74, 6) is 0. The Labute approximate surface area is 121 Å². The molecule has 0 unspecified atom stereocenters. The number of benzene rings is 1. The first-order valence-corrected chi connectivity index (χ1v) is 7.85. The summed E-state index contributed by atoms with van der Waals surface area (Å²) in [7, 11) is 0. The quantitative estimate of drug-likeness (QED) is 0.816. The molecule has 2 atom stereocenters.